The summed E-state index contributed by atoms with van der Waals surface area (Å²) in [5, 5.41) is 23.4. The molecule has 3 N–H and O–H groups in total. The van der Waals surface area contributed by atoms with Gasteiger partial charge in [-0.2, -0.15) is 0 Å². The van der Waals surface area contributed by atoms with E-state index in [1.807, 2.05) is 7.05 Å². The standard InChI is InChI=1S/C19H21NOS.C4H4O4/c1-14-9-10-17(16-7-4-3-6-15(14)16)21-18(11-12-20-2)19-8-5-13-22-19;5-3(6)1-2-4(7)8/h3-10,13,18,20H,11-12H2,1-2H3;1-2H,(H,5,6)(H,7,8)/b;2-1-. The zero-order chi connectivity index (χ0) is 21.9. The van der Waals surface area contributed by atoms with Crippen molar-refractivity contribution in [2.75, 3.05) is 13.6 Å². The molecule has 0 spiro atoms. The Labute approximate surface area is 179 Å². The average molecular weight is 428 g/mol. The molecule has 1 unspecified atom stereocenters. The van der Waals surface area contributed by atoms with E-state index < -0.39 is 11.9 Å². The van der Waals surface area contributed by atoms with Gasteiger partial charge in [-0.25, -0.2) is 9.59 Å². The first-order valence-electron chi connectivity index (χ1n) is 9.39. The Balaban J connectivity index is 0.000000343. The lowest BCUT2D eigenvalue weighted by molar-refractivity contribution is -0.134. The summed E-state index contributed by atoms with van der Waals surface area (Å²) in [4.78, 5) is 20.4. The number of carboxylic acid groups (broad SMARTS) is 2. The number of fused-ring (bicyclic) bond motifs is 1. The lowest BCUT2D eigenvalue weighted by Gasteiger charge is -2.20. The number of nitrogens with one attached hydrogen (secondary N) is 1. The summed E-state index contributed by atoms with van der Waals surface area (Å²) >= 11 is 1.76. The first-order valence-corrected chi connectivity index (χ1v) is 10.3. The van der Waals surface area contributed by atoms with Crippen LogP contribution in [-0.2, 0) is 9.59 Å². The minimum atomic E-state index is -1.26. The second-order valence-electron chi connectivity index (χ2n) is 6.45. The number of ether oxygens (including phenoxy) is 1. The van der Waals surface area contributed by atoms with Gasteiger partial charge >= 0.3 is 11.9 Å². The Morgan fingerprint density at radius 2 is 1.70 bits per heavy atom. The van der Waals surface area contributed by atoms with E-state index in [-0.39, 0.29) is 6.10 Å². The summed E-state index contributed by atoms with van der Waals surface area (Å²) in [6, 6.07) is 16.9. The molecule has 0 aliphatic heterocycles. The molecular formula is C23H25NO5S. The highest BCUT2D eigenvalue weighted by Gasteiger charge is 2.16. The van der Waals surface area contributed by atoms with Gasteiger partial charge in [0.05, 0.1) is 0 Å². The van der Waals surface area contributed by atoms with E-state index in [4.69, 9.17) is 14.9 Å². The lowest BCUT2D eigenvalue weighted by Crippen LogP contribution is -2.15. The molecule has 30 heavy (non-hydrogen) atoms. The molecule has 0 radical (unpaired) electrons. The Hall–Kier alpha value is -3.16. The number of benzene rings is 2. The van der Waals surface area contributed by atoms with E-state index in [2.05, 4.69) is 66.2 Å². The number of hydrogen-bond donors (Lipinski definition) is 3. The Morgan fingerprint density at radius 3 is 2.27 bits per heavy atom. The monoisotopic (exact) mass is 427 g/mol. The molecule has 0 saturated carbocycles. The minimum absolute atomic E-state index is 0.0959. The highest BCUT2D eigenvalue weighted by atomic mass is 32.1. The predicted octanol–water partition coefficient (Wildman–Crippen LogP) is 4.65. The summed E-state index contributed by atoms with van der Waals surface area (Å²) in [5.74, 6) is -1.55. The van der Waals surface area contributed by atoms with Crippen LogP contribution in [0.5, 0.6) is 5.75 Å². The maximum atomic E-state index is 9.55. The molecule has 1 aromatic heterocycles. The van der Waals surface area contributed by atoms with Crippen LogP contribution in [0.2, 0.25) is 0 Å². The minimum Gasteiger partial charge on any atom is -0.484 e. The molecule has 1 heterocycles. The van der Waals surface area contributed by atoms with Gasteiger partial charge < -0.3 is 20.3 Å². The van der Waals surface area contributed by atoms with Gasteiger partial charge in [-0.1, -0.05) is 36.4 Å². The van der Waals surface area contributed by atoms with Gasteiger partial charge in [0, 0.05) is 28.8 Å². The molecular weight excluding hydrogens is 402 g/mol. The van der Waals surface area contributed by atoms with Gasteiger partial charge in [-0.05, 0) is 49.0 Å². The van der Waals surface area contributed by atoms with E-state index in [0.717, 1.165) is 18.7 Å². The maximum absolute atomic E-state index is 9.55. The van der Waals surface area contributed by atoms with Gasteiger partial charge in [0.15, 0.2) is 0 Å². The lowest BCUT2D eigenvalue weighted by atomic mass is 10.0. The summed E-state index contributed by atoms with van der Waals surface area (Å²) in [5.41, 5.74) is 1.28. The van der Waals surface area contributed by atoms with Gasteiger partial charge in [0.1, 0.15) is 11.9 Å². The van der Waals surface area contributed by atoms with Crippen LogP contribution < -0.4 is 10.1 Å². The zero-order valence-electron chi connectivity index (χ0n) is 16.9. The second kappa shape index (κ2) is 11.7. The molecule has 158 valence electrons. The Bertz CT molecular complexity index is 982. The van der Waals surface area contributed by atoms with Gasteiger partial charge in [-0.3, -0.25) is 0 Å². The predicted molar refractivity (Wildman–Crippen MR) is 119 cm³/mol. The number of rotatable bonds is 8. The van der Waals surface area contributed by atoms with Gasteiger partial charge in [-0.15, -0.1) is 11.3 Å². The molecule has 0 amide bonds. The van der Waals surface area contributed by atoms with Gasteiger partial charge in [0.25, 0.3) is 0 Å². The molecule has 0 fully saturated rings. The highest BCUT2D eigenvalue weighted by molar-refractivity contribution is 7.10. The summed E-state index contributed by atoms with van der Waals surface area (Å²) < 4.78 is 6.40. The molecule has 3 aromatic rings. The highest BCUT2D eigenvalue weighted by Crippen LogP contribution is 2.33. The van der Waals surface area contributed by atoms with Crippen molar-refractivity contribution in [1.29, 1.82) is 0 Å². The second-order valence-corrected chi connectivity index (χ2v) is 7.43. The van der Waals surface area contributed by atoms with Crippen LogP contribution in [0.3, 0.4) is 0 Å². The Morgan fingerprint density at radius 1 is 1.03 bits per heavy atom. The number of hydrogen-bond acceptors (Lipinski definition) is 5. The third kappa shape index (κ3) is 7.02. The summed E-state index contributed by atoms with van der Waals surface area (Å²) in [6.45, 7) is 3.08. The van der Waals surface area contributed by atoms with E-state index in [1.165, 1.54) is 21.2 Å². The van der Waals surface area contributed by atoms with Crippen LogP contribution in [0.15, 0.2) is 66.1 Å². The molecule has 2 aromatic carbocycles. The van der Waals surface area contributed by atoms with Crippen molar-refractivity contribution in [3.8, 4) is 5.75 Å². The van der Waals surface area contributed by atoms with Crippen molar-refractivity contribution >= 4 is 34.0 Å². The molecule has 7 heteroatoms. The fraction of sp³-hybridized carbons (Fsp3) is 0.217. The zero-order valence-corrected chi connectivity index (χ0v) is 17.7. The molecule has 0 aliphatic carbocycles. The summed E-state index contributed by atoms with van der Waals surface area (Å²) in [7, 11) is 1.98. The molecule has 0 saturated heterocycles. The van der Waals surface area contributed by atoms with Crippen LogP contribution in [-0.4, -0.2) is 35.7 Å². The fourth-order valence-corrected chi connectivity index (χ4v) is 3.62. The van der Waals surface area contributed by atoms with Crippen LogP contribution >= 0.6 is 11.3 Å². The number of carboxylic acids is 2. The third-order valence-corrected chi connectivity index (χ3v) is 5.22. The average Bonchev–Trinajstić information content (AvgIpc) is 3.26. The quantitative estimate of drug-likeness (QED) is 0.453. The maximum Gasteiger partial charge on any atom is 0.328 e. The fourth-order valence-electron chi connectivity index (χ4n) is 2.83. The van der Waals surface area contributed by atoms with Crippen molar-refractivity contribution < 1.29 is 24.5 Å². The molecule has 0 bridgehead atoms. The van der Waals surface area contributed by atoms with Crippen molar-refractivity contribution in [2.24, 2.45) is 0 Å². The smallest absolute Gasteiger partial charge is 0.328 e. The van der Waals surface area contributed by atoms with Crippen molar-refractivity contribution in [1.82, 2.24) is 5.32 Å². The molecule has 6 nitrogen and oxygen atoms in total. The van der Waals surface area contributed by atoms with Crippen LogP contribution in [0.1, 0.15) is 23.0 Å². The number of aryl methyl sites for hydroxylation is 1. The number of thiophene rings is 1. The number of carbonyl (C=O) groups is 2. The third-order valence-electron chi connectivity index (χ3n) is 4.26. The largest absolute Gasteiger partial charge is 0.484 e. The molecule has 1 atom stereocenters. The van der Waals surface area contributed by atoms with Crippen molar-refractivity contribution in [3.63, 3.8) is 0 Å². The Kier molecular flexibility index (Phi) is 9.05. The van der Waals surface area contributed by atoms with Crippen LogP contribution in [0, 0.1) is 6.92 Å². The normalized spacial score (nSPS) is 11.7. The van der Waals surface area contributed by atoms with Gasteiger partial charge in [0.2, 0.25) is 0 Å². The van der Waals surface area contributed by atoms with E-state index in [1.54, 1.807) is 11.3 Å². The molecule has 0 aliphatic rings. The SMILES string of the molecule is CNCCC(Oc1ccc(C)c2ccccc12)c1cccs1.O=C(O)/C=C\C(=O)O. The van der Waals surface area contributed by atoms with Crippen LogP contribution in [0.4, 0.5) is 0 Å². The van der Waals surface area contributed by atoms with Crippen molar-refractivity contribution in [2.45, 2.75) is 19.4 Å². The molecule has 3 rings (SSSR count). The van der Waals surface area contributed by atoms with E-state index in [9.17, 15) is 9.59 Å². The first-order chi connectivity index (χ1) is 14.4. The first kappa shape index (κ1) is 23.1. The topological polar surface area (TPSA) is 95.9 Å². The summed E-state index contributed by atoms with van der Waals surface area (Å²) in [6.07, 6.45) is 2.17. The van der Waals surface area contributed by atoms with Crippen LogP contribution in [0.25, 0.3) is 10.8 Å². The number of aliphatic carboxylic acids is 2. The van der Waals surface area contributed by atoms with Crippen molar-refractivity contribution in [3.05, 3.63) is 76.5 Å². The van der Waals surface area contributed by atoms with E-state index in [0.29, 0.717) is 12.2 Å². The van der Waals surface area contributed by atoms with E-state index >= 15 is 0 Å².